The third-order valence-corrected chi connectivity index (χ3v) is 10.9. The Morgan fingerprint density at radius 2 is 1.26 bits per heavy atom. The summed E-state index contributed by atoms with van der Waals surface area (Å²) in [5.41, 5.74) is -6.32. The molecule has 0 heterocycles. The topological polar surface area (TPSA) is 107 Å². The number of esters is 2. The van der Waals surface area contributed by atoms with Gasteiger partial charge in [0.05, 0.1) is 11.8 Å². The molecule has 1 N–H and O–H groups in total. The van der Waals surface area contributed by atoms with Crippen molar-refractivity contribution in [3.8, 4) is 0 Å². The van der Waals surface area contributed by atoms with E-state index in [1.165, 1.54) is 0 Å². The maximum Gasteiger partial charge on any atom is 0.438 e. The van der Waals surface area contributed by atoms with E-state index in [1.54, 1.807) is 0 Å². The van der Waals surface area contributed by atoms with Gasteiger partial charge in [-0.3, -0.25) is 14.1 Å². The lowest BCUT2D eigenvalue weighted by Gasteiger charge is -2.59. The molecule has 0 saturated heterocycles. The van der Waals surface area contributed by atoms with E-state index >= 15 is 0 Å². The molecule has 6 bridgehead atoms. The SMILES string of the molecule is CC1(OC(=O)C2C3CC[C@H](C3)C2C(=O)OC(CS(=O)(=O)O)(C(F)(F)F)C(F)(F)F)C2CC3CC(C2)CC1C3. The van der Waals surface area contributed by atoms with Gasteiger partial charge in [0, 0.05) is 0 Å². The smallest absolute Gasteiger partial charge is 0.438 e. The van der Waals surface area contributed by atoms with Crippen LogP contribution >= 0.6 is 0 Å². The molecule has 6 aliphatic carbocycles. The molecule has 6 fully saturated rings. The second-order valence-corrected chi connectivity index (χ2v) is 13.7. The zero-order chi connectivity index (χ0) is 28.1. The molecule has 0 aromatic carbocycles. The van der Waals surface area contributed by atoms with Crippen LogP contribution in [0.25, 0.3) is 0 Å². The number of halogens is 6. The molecule has 0 aromatic heterocycles. The Hall–Kier alpha value is -1.57. The zero-order valence-electron chi connectivity index (χ0n) is 20.6. The maximum atomic E-state index is 13.8. The number of hydrogen-bond acceptors (Lipinski definition) is 6. The van der Waals surface area contributed by atoms with Crippen LogP contribution in [0.2, 0.25) is 0 Å². The van der Waals surface area contributed by atoms with Crippen molar-refractivity contribution >= 4 is 22.1 Å². The monoisotopic (exact) mass is 576 g/mol. The van der Waals surface area contributed by atoms with Gasteiger partial charge in [0.2, 0.25) is 0 Å². The summed E-state index contributed by atoms with van der Waals surface area (Å²) in [7, 11) is -5.90. The van der Waals surface area contributed by atoms with Gasteiger partial charge in [-0.1, -0.05) is 0 Å². The van der Waals surface area contributed by atoms with Crippen LogP contribution in [0.15, 0.2) is 0 Å². The van der Waals surface area contributed by atoms with Crippen molar-refractivity contribution in [2.45, 2.75) is 81.8 Å². The summed E-state index contributed by atoms with van der Waals surface area (Å²) in [6, 6.07) is 0. The third-order valence-electron chi connectivity index (χ3n) is 10.1. The Bertz CT molecular complexity index is 1060. The van der Waals surface area contributed by atoms with Gasteiger partial charge in [-0.2, -0.15) is 34.8 Å². The van der Waals surface area contributed by atoms with Crippen LogP contribution in [-0.4, -0.2) is 54.2 Å². The first-order chi connectivity index (χ1) is 17.3. The molecule has 4 atom stereocenters. The molecular weight excluding hydrogens is 546 g/mol. The van der Waals surface area contributed by atoms with Gasteiger partial charge in [0.15, 0.2) is 0 Å². The molecule has 38 heavy (non-hydrogen) atoms. The lowest BCUT2D eigenvalue weighted by molar-refractivity contribution is -0.362. The predicted octanol–water partition coefficient (Wildman–Crippen LogP) is 4.70. The van der Waals surface area contributed by atoms with Crippen molar-refractivity contribution in [3.05, 3.63) is 0 Å². The second kappa shape index (κ2) is 8.71. The number of hydrogen-bond donors (Lipinski definition) is 1. The zero-order valence-corrected chi connectivity index (χ0v) is 21.4. The van der Waals surface area contributed by atoms with E-state index in [-0.39, 0.29) is 18.3 Å². The molecule has 6 aliphatic rings. The number of carbonyl (C=O) groups excluding carboxylic acids is 2. The van der Waals surface area contributed by atoms with Gasteiger partial charge in [0.1, 0.15) is 11.4 Å². The third kappa shape index (κ3) is 4.41. The highest BCUT2D eigenvalue weighted by molar-refractivity contribution is 7.85. The highest BCUT2D eigenvalue weighted by atomic mass is 32.2. The fourth-order valence-electron chi connectivity index (χ4n) is 8.51. The van der Waals surface area contributed by atoms with E-state index in [9.17, 15) is 44.3 Å². The van der Waals surface area contributed by atoms with Crippen molar-refractivity contribution < 1.29 is 58.4 Å². The fraction of sp³-hybridized carbons (Fsp3) is 0.917. The Labute approximate surface area is 215 Å². The number of fused-ring (bicyclic) bond motifs is 2. The van der Waals surface area contributed by atoms with E-state index in [0.29, 0.717) is 24.7 Å². The maximum absolute atomic E-state index is 13.8. The van der Waals surface area contributed by atoms with Gasteiger partial charge < -0.3 is 9.47 Å². The largest absolute Gasteiger partial charge is 0.459 e. The summed E-state index contributed by atoms with van der Waals surface area (Å²) in [6.07, 6.45) is -7.18. The van der Waals surface area contributed by atoms with E-state index in [0.717, 1.165) is 32.1 Å². The van der Waals surface area contributed by atoms with E-state index in [4.69, 9.17) is 9.29 Å². The Morgan fingerprint density at radius 3 is 1.68 bits per heavy atom. The van der Waals surface area contributed by atoms with Gasteiger partial charge in [-0.25, -0.2) is 0 Å². The van der Waals surface area contributed by atoms with E-state index in [1.807, 2.05) is 6.92 Å². The second-order valence-electron chi connectivity index (χ2n) is 12.3. The van der Waals surface area contributed by atoms with E-state index < -0.39 is 75.0 Å². The molecule has 0 aromatic rings. The number of rotatable bonds is 6. The summed E-state index contributed by atoms with van der Waals surface area (Å²) in [4.78, 5) is 26.6. The van der Waals surface area contributed by atoms with Gasteiger partial charge in [0.25, 0.3) is 10.1 Å². The summed E-state index contributed by atoms with van der Waals surface area (Å²) in [6.45, 7) is 1.84. The summed E-state index contributed by atoms with van der Waals surface area (Å²) < 4.78 is 124. The van der Waals surface area contributed by atoms with Gasteiger partial charge in [-0.15, -0.1) is 0 Å². The van der Waals surface area contributed by atoms with Crippen LogP contribution in [0.4, 0.5) is 26.3 Å². The Kier molecular flexibility index (Phi) is 6.41. The first-order valence-electron chi connectivity index (χ1n) is 12.9. The normalized spacial score (nSPS) is 40.4. The number of carbonyl (C=O) groups is 2. The highest BCUT2D eigenvalue weighted by Gasteiger charge is 2.76. The summed E-state index contributed by atoms with van der Waals surface area (Å²) in [5, 5.41) is 0. The molecule has 14 heteroatoms. The fourth-order valence-corrected chi connectivity index (χ4v) is 9.41. The molecule has 3 unspecified atom stereocenters. The molecule has 0 radical (unpaired) electrons. The molecule has 0 amide bonds. The van der Waals surface area contributed by atoms with Crippen LogP contribution in [0.1, 0.15) is 58.3 Å². The Morgan fingerprint density at radius 1 is 0.816 bits per heavy atom. The number of ether oxygens (including phenoxy) is 2. The van der Waals surface area contributed by atoms with Crippen molar-refractivity contribution in [2.24, 2.45) is 47.3 Å². The van der Waals surface area contributed by atoms with Crippen LogP contribution < -0.4 is 0 Å². The molecule has 6 saturated carbocycles. The van der Waals surface area contributed by atoms with Crippen molar-refractivity contribution in [1.82, 2.24) is 0 Å². The summed E-state index contributed by atoms with van der Waals surface area (Å²) >= 11 is 0. The number of alkyl halides is 6. The Balaban J connectivity index is 1.41. The molecule has 6 rings (SSSR count). The predicted molar refractivity (Wildman–Crippen MR) is 117 cm³/mol. The van der Waals surface area contributed by atoms with Crippen molar-refractivity contribution in [1.29, 1.82) is 0 Å². The van der Waals surface area contributed by atoms with Crippen LogP contribution in [0.5, 0.6) is 0 Å². The molecular formula is C24H30F6O7S. The average Bonchev–Trinajstić information content (AvgIpc) is 3.36. The lowest BCUT2D eigenvalue weighted by atomic mass is 9.50. The first-order valence-corrected chi connectivity index (χ1v) is 14.5. The quantitative estimate of drug-likeness (QED) is 0.278. The van der Waals surface area contributed by atoms with Crippen LogP contribution in [-0.2, 0) is 29.2 Å². The summed E-state index contributed by atoms with van der Waals surface area (Å²) in [5.74, 6) is -8.55. The minimum atomic E-state index is -6.42. The van der Waals surface area contributed by atoms with Crippen molar-refractivity contribution in [3.63, 3.8) is 0 Å². The average molecular weight is 577 g/mol. The van der Waals surface area contributed by atoms with Crippen molar-refractivity contribution in [2.75, 3.05) is 5.75 Å². The van der Waals surface area contributed by atoms with E-state index in [2.05, 4.69) is 4.74 Å². The first kappa shape index (κ1) is 28.0. The molecule has 7 nitrogen and oxygen atoms in total. The molecule has 216 valence electrons. The molecule has 0 aliphatic heterocycles. The highest BCUT2D eigenvalue weighted by Crippen LogP contribution is 2.61. The minimum Gasteiger partial charge on any atom is -0.459 e. The van der Waals surface area contributed by atoms with Gasteiger partial charge >= 0.3 is 29.9 Å². The van der Waals surface area contributed by atoms with Crippen LogP contribution in [0.3, 0.4) is 0 Å². The molecule has 0 spiro atoms. The lowest BCUT2D eigenvalue weighted by Crippen LogP contribution is -2.64. The van der Waals surface area contributed by atoms with Gasteiger partial charge in [-0.05, 0) is 93.8 Å². The van der Waals surface area contributed by atoms with Crippen LogP contribution in [0, 0.1) is 47.3 Å². The minimum absolute atomic E-state index is 0.101. The standard InChI is InChI=1S/C24H30F6O7S/c1-21(15-5-11-4-12(7-15)8-16(21)6-11)36-19(31)17-13-2-3-14(9-13)18(17)20(32)37-22(23(25,26)27,24(28,29)30)10-38(33,34)35/h11-18H,2-10H2,1H3,(H,33,34,35)/t11?,12?,13?,14-,15?,16?,17?,18?,21?/m1/s1.